The summed E-state index contributed by atoms with van der Waals surface area (Å²) in [6.45, 7) is 7.30. The van der Waals surface area contributed by atoms with E-state index >= 15 is 0 Å². The molecule has 2 aliphatic carbocycles. The van der Waals surface area contributed by atoms with Gasteiger partial charge in [-0.05, 0) is 48.9 Å². The van der Waals surface area contributed by atoms with Gasteiger partial charge in [0.1, 0.15) is 0 Å². The van der Waals surface area contributed by atoms with Crippen molar-refractivity contribution in [3.8, 4) is 0 Å². The van der Waals surface area contributed by atoms with Gasteiger partial charge in [0.05, 0.1) is 0 Å². The van der Waals surface area contributed by atoms with Crippen molar-refractivity contribution in [2.45, 2.75) is 52.9 Å². The molecule has 0 aromatic rings. The first kappa shape index (κ1) is 8.59. The van der Waals surface area contributed by atoms with Gasteiger partial charge in [0.25, 0.3) is 0 Å². The average Bonchev–Trinajstić information content (AvgIpc) is 2.24. The average molecular weight is 166 g/mol. The van der Waals surface area contributed by atoms with Crippen LogP contribution in [0.3, 0.4) is 0 Å². The predicted molar refractivity (Wildman–Crippen MR) is 53.0 cm³/mol. The van der Waals surface area contributed by atoms with Crippen LogP contribution < -0.4 is 0 Å². The van der Waals surface area contributed by atoms with Crippen molar-refractivity contribution in [2.24, 2.45) is 23.2 Å². The third-order valence-corrected chi connectivity index (χ3v) is 4.12. The van der Waals surface area contributed by atoms with Gasteiger partial charge in [0.15, 0.2) is 0 Å². The number of fused-ring (bicyclic) bond motifs is 2. The van der Waals surface area contributed by atoms with Gasteiger partial charge >= 0.3 is 0 Å². The van der Waals surface area contributed by atoms with Gasteiger partial charge in [-0.2, -0.15) is 0 Å². The van der Waals surface area contributed by atoms with Gasteiger partial charge < -0.3 is 0 Å². The molecule has 0 radical (unpaired) electrons. The summed E-state index contributed by atoms with van der Waals surface area (Å²) in [6.07, 6.45) is 7.53. The zero-order valence-corrected chi connectivity index (χ0v) is 8.77. The first-order valence-electron chi connectivity index (χ1n) is 5.61. The van der Waals surface area contributed by atoms with E-state index in [1.165, 1.54) is 19.3 Å². The molecule has 3 atom stereocenters. The minimum absolute atomic E-state index is 0.664. The number of hydrogen-bond donors (Lipinski definition) is 0. The fourth-order valence-electron chi connectivity index (χ4n) is 3.83. The lowest BCUT2D eigenvalue weighted by molar-refractivity contribution is 0.162. The summed E-state index contributed by atoms with van der Waals surface area (Å²) in [5, 5.41) is 0. The van der Waals surface area contributed by atoms with Crippen molar-refractivity contribution < 1.29 is 0 Å². The van der Waals surface area contributed by atoms with E-state index in [-0.39, 0.29) is 0 Å². The highest BCUT2D eigenvalue weighted by atomic mass is 14.5. The Morgan fingerprint density at radius 3 is 2.58 bits per heavy atom. The van der Waals surface area contributed by atoms with E-state index in [9.17, 15) is 0 Å². The zero-order chi connectivity index (χ0) is 8.77. The predicted octanol–water partition coefficient (Wildman–Crippen LogP) is 3.86. The Balaban J connectivity index is 2.08. The fourth-order valence-corrected chi connectivity index (χ4v) is 3.83. The second-order valence-electron chi connectivity index (χ2n) is 5.84. The topological polar surface area (TPSA) is 0 Å². The smallest absolute Gasteiger partial charge is 0.0349 e. The summed E-state index contributed by atoms with van der Waals surface area (Å²) >= 11 is 0. The van der Waals surface area contributed by atoms with Crippen molar-refractivity contribution in [1.82, 2.24) is 0 Å². The molecule has 0 aliphatic heterocycles. The first-order valence-corrected chi connectivity index (χ1v) is 5.61. The second kappa shape index (κ2) is 2.75. The molecule has 0 heteroatoms. The molecule has 2 aliphatic rings. The summed E-state index contributed by atoms with van der Waals surface area (Å²) in [5.74, 6) is 3.25. The first-order chi connectivity index (χ1) is 5.61. The standard InChI is InChI=1S/C12H22/c1-4-10-5-9-6-11(10)8-12(2,3)7-9/h9-11H,4-8H2,1-3H3. The van der Waals surface area contributed by atoms with Crippen LogP contribution in [0.25, 0.3) is 0 Å². The SMILES string of the molecule is CCC1CC2CC1CC(C)(C)C2. The van der Waals surface area contributed by atoms with Crippen LogP contribution in [-0.4, -0.2) is 0 Å². The maximum Gasteiger partial charge on any atom is -0.0349 e. The van der Waals surface area contributed by atoms with E-state index in [2.05, 4.69) is 20.8 Å². The van der Waals surface area contributed by atoms with E-state index in [0.29, 0.717) is 5.41 Å². The molecule has 70 valence electrons. The molecule has 2 fully saturated rings. The van der Waals surface area contributed by atoms with E-state index in [1.807, 2.05) is 0 Å². The van der Waals surface area contributed by atoms with Gasteiger partial charge in [-0.15, -0.1) is 0 Å². The summed E-state index contributed by atoms with van der Waals surface area (Å²) in [6, 6.07) is 0. The molecule has 12 heavy (non-hydrogen) atoms. The second-order valence-corrected chi connectivity index (χ2v) is 5.84. The minimum Gasteiger partial charge on any atom is -0.0651 e. The molecule has 0 amide bonds. The lowest BCUT2D eigenvalue weighted by Crippen LogP contribution is -2.24. The highest BCUT2D eigenvalue weighted by molar-refractivity contribution is 4.93. The Morgan fingerprint density at radius 1 is 1.17 bits per heavy atom. The lowest BCUT2D eigenvalue weighted by Gasteiger charge is -2.35. The van der Waals surface area contributed by atoms with Crippen LogP contribution in [0.15, 0.2) is 0 Å². The van der Waals surface area contributed by atoms with Crippen LogP contribution in [-0.2, 0) is 0 Å². The van der Waals surface area contributed by atoms with Crippen LogP contribution >= 0.6 is 0 Å². The molecule has 0 spiro atoms. The molecule has 2 saturated carbocycles. The van der Waals surface area contributed by atoms with Crippen LogP contribution in [0.1, 0.15) is 52.9 Å². The number of rotatable bonds is 1. The van der Waals surface area contributed by atoms with Crippen LogP contribution in [0, 0.1) is 23.2 Å². The van der Waals surface area contributed by atoms with Gasteiger partial charge in [-0.1, -0.05) is 27.2 Å². The number of hydrogen-bond acceptors (Lipinski definition) is 0. The molecule has 3 unspecified atom stereocenters. The van der Waals surface area contributed by atoms with Gasteiger partial charge in [-0.25, -0.2) is 0 Å². The molecule has 2 bridgehead atoms. The van der Waals surface area contributed by atoms with Gasteiger partial charge in [-0.3, -0.25) is 0 Å². The highest BCUT2D eigenvalue weighted by Crippen LogP contribution is 2.53. The highest BCUT2D eigenvalue weighted by Gasteiger charge is 2.42. The third-order valence-electron chi connectivity index (χ3n) is 4.12. The fraction of sp³-hybridized carbons (Fsp3) is 1.00. The zero-order valence-electron chi connectivity index (χ0n) is 8.77. The minimum atomic E-state index is 0.664. The largest absolute Gasteiger partial charge is 0.0651 e. The summed E-state index contributed by atoms with van der Waals surface area (Å²) in [5.41, 5.74) is 0.664. The molecule has 0 aromatic carbocycles. The van der Waals surface area contributed by atoms with Crippen molar-refractivity contribution in [2.75, 3.05) is 0 Å². The van der Waals surface area contributed by atoms with E-state index in [1.54, 1.807) is 12.8 Å². The van der Waals surface area contributed by atoms with E-state index in [4.69, 9.17) is 0 Å². The van der Waals surface area contributed by atoms with E-state index < -0.39 is 0 Å². The molecule has 0 N–H and O–H groups in total. The van der Waals surface area contributed by atoms with Crippen molar-refractivity contribution in [3.63, 3.8) is 0 Å². The monoisotopic (exact) mass is 166 g/mol. The summed E-state index contributed by atoms with van der Waals surface area (Å²) in [7, 11) is 0. The molecule has 0 aromatic heterocycles. The molecule has 0 nitrogen and oxygen atoms in total. The van der Waals surface area contributed by atoms with Gasteiger partial charge in [0.2, 0.25) is 0 Å². The summed E-state index contributed by atoms with van der Waals surface area (Å²) < 4.78 is 0. The van der Waals surface area contributed by atoms with Gasteiger partial charge in [0, 0.05) is 0 Å². The Hall–Kier alpha value is 0. The van der Waals surface area contributed by atoms with Crippen molar-refractivity contribution >= 4 is 0 Å². The third kappa shape index (κ3) is 1.41. The van der Waals surface area contributed by atoms with Crippen LogP contribution in [0.2, 0.25) is 0 Å². The maximum absolute atomic E-state index is 2.46. The van der Waals surface area contributed by atoms with Crippen LogP contribution in [0.5, 0.6) is 0 Å². The van der Waals surface area contributed by atoms with Crippen molar-refractivity contribution in [1.29, 1.82) is 0 Å². The Labute approximate surface area is 76.7 Å². The maximum atomic E-state index is 2.46. The Kier molecular flexibility index (Phi) is 1.97. The molecular formula is C12H22. The van der Waals surface area contributed by atoms with Crippen LogP contribution in [0.4, 0.5) is 0 Å². The van der Waals surface area contributed by atoms with E-state index in [0.717, 1.165) is 17.8 Å². The molecule has 2 rings (SSSR count). The lowest BCUT2D eigenvalue weighted by atomic mass is 9.71. The van der Waals surface area contributed by atoms with Crippen molar-refractivity contribution in [3.05, 3.63) is 0 Å². The molecule has 0 heterocycles. The molecule has 0 saturated heterocycles. The molecular weight excluding hydrogens is 144 g/mol. The quantitative estimate of drug-likeness (QED) is 0.555. The summed E-state index contributed by atoms with van der Waals surface area (Å²) in [4.78, 5) is 0. The Morgan fingerprint density at radius 2 is 1.92 bits per heavy atom. The normalized spacial score (nSPS) is 44.8. The Bertz CT molecular complexity index is 169.